The second-order valence-electron chi connectivity index (χ2n) is 17.6. The number of hydrogen-bond donors (Lipinski definition) is 4. The number of unbranched alkanes of at least 4 members (excludes halogenated alkanes) is 27. The summed E-state index contributed by atoms with van der Waals surface area (Å²) in [5.74, 6) is -1.08. The van der Waals surface area contributed by atoms with Gasteiger partial charge in [-0.3, -0.25) is 9.59 Å². The molecule has 11 heteroatoms. The highest BCUT2D eigenvalue weighted by Crippen LogP contribution is 2.30. The Morgan fingerprint density at radius 2 is 1.03 bits per heavy atom. The topological polar surface area (TPSA) is 163 Å². The highest BCUT2D eigenvalue weighted by atomic mass is 16.6. The Morgan fingerprint density at radius 1 is 0.607 bits per heavy atom. The molecule has 1 aromatic rings. The average molecular weight is 860 g/mol. The first kappa shape index (κ1) is 54.6. The summed E-state index contributed by atoms with van der Waals surface area (Å²) in [7, 11) is 0. The summed E-state index contributed by atoms with van der Waals surface area (Å²) in [6.45, 7) is 3.41. The molecule has 2 rings (SSSR count). The van der Waals surface area contributed by atoms with Crippen molar-refractivity contribution in [2.75, 3.05) is 19.7 Å². The average Bonchev–Trinajstić information content (AvgIpc) is 3.27. The smallest absolute Gasteiger partial charge is 0.417 e. The van der Waals surface area contributed by atoms with E-state index in [1.807, 2.05) is 6.07 Å². The summed E-state index contributed by atoms with van der Waals surface area (Å²) < 4.78 is 11.8. The van der Waals surface area contributed by atoms with Gasteiger partial charge in [0.05, 0.1) is 13.2 Å². The molecule has 1 aromatic carbocycles. The van der Waals surface area contributed by atoms with Crippen molar-refractivity contribution in [2.24, 2.45) is 5.73 Å². The number of carbonyl (C=O) groups excluding carboxylic acids is 3. The van der Waals surface area contributed by atoms with Crippen LogP contribution in [0.15, 0.2) is 30.3 Å². The molecule has 5 atom stereocenters. The summed E-state index contributed by atoms with van der Waals surface area (Å²) >= 11 is 0. The van der Waals surface area contributed by atoms with E-state index in [2.05, 4.69) is 13.8 Å². The van der Waals surface area contributed by atoms with E-state index in [1.165, 1.54) is 140 Å². The van der Waals surface area contributed by atoms with Crippen LogP contribution in [0.1, 0.15) is 212 Å². The molecule has 61 heavy (non-hydrogen) atoms. The maximum Gasteiger partial charge on any atom is 0.417 e. The van der Waals surface area contributed by atoms with Gasteiger partial charge in [-0.2, -0.15) is 0 Å². The molecular weight excluding hydrogens is 771 g/mol. The van der Waals surface area contributed by atoms with Crippen molar-refractivity contribution >= 4 is 17.9 Å². The number of hydrogen-bond acceptors (Lipinski definition) is 9. The highest BCUT2D eigenvalue weighted by Gasteiger charge is 2.53. The van der Waals surface area contributed by atoms with Gasteiger partial charge in [0.1, 0.15) is 31.0 Å². The number of ether oxygens (including phenoxy) is 2. The number of amides is 3. The molecule has 1 heterocycles. The van der Waals surface area contributed by atoms with Crippen molar-refractivity contribution in [1.82, 2.24) is 9.80 Å². The van der Waals surface area contributed by atoms with Crippen LogP contribution in [0, 0.1) is 0 Å². The first-order chi connectivity index (χ1) is 29.8. The number of nitrogens with two attached hydrogens (primary N) is 1. The van der Waals surface area contributed by atoms with Gasteiger partial charge in [0.25, 0.3) is 0 Å². The maximum atomic E-state index is 14.2. The van der Waals surface area contributed by atoms with Crippen molar-refractivity contribution in [2.45, 2.75) is 244 Å². The normalized spacial score (nSPS) is 18.9. The van der Waals surface area contributed by atoms with E-state index in [1.54, 1.807) is 24.3 Å². The summed E-state index contributed by atoms with van der Waals surface area (Å²) in [5.41, 5.74) is 6.49. The fourth-order valence-corrected chi connectivity index (χ4v) is 8.56. The van der Waals surface area contributed by atoms with Gasteiger partial charge in [0.15, 0.2) is 6.23 Å². The van der Waals surface area contributed by atoms with Gasteiger partial charge in [-0.05, 0) is 18.4 Å². The van der Waals surface area contributed by atoms with Crippen molar-refractivity contribution < 1.29 is 39.2 Å². The molecule has 0 aliphatic carbocycles. The predicted molar refractivity (Wildman–Crippen MR) is 246 cm³/mol. The zero-order valence-corrected chi connectivity index (χ0v) is 38.7. The van der Waals surface area contributed by atoms with Gasteiger partial charge in [-0.1, -0.05) is 218 Å². The lowest BCUT2D eigenvalue weighted by Gasteiger charge is -2.49. The SMILES string of the molecule is CCCCCCCCCCCCCCCCCCN(C(=O)CCCCCCCCCCCCCCC)[C@@H]1O[C@H](CO)[C@@H](O)[C@H](O)[C@H]1N(C(=O)CN)C(=O)OCc1ccccc1. The quantitative estimate of drug-likeness (QED) is 0.0477. The molecule has 0 bridgehead atoms. The molecule has 1 fully saturated rings. The highest BCUT2D eigenvalue weighted by molar-refractivity contribution is 5.93. The Bertz CT molecular complexity index is 1240. The molecule has 1 aliphatic rings. The minimum absolute atomic E-state index is 0.148. The monoisotopic (exact) mass is 860 g/mol. The maximum absolute atomic E-state index is 14.2. The summed E-state index contributed by atoms with van der Waals surface area (Å²) in [5, 5.41) is 32.8. The van der Waals surface area contributed by atoms with Crippen molar-refractivity contribution in [1.29, 1.82) is 0 Å². The van der Waals surface area contributed by atoms with Crippen molar-refractivity contribution in [3.05, 3.63) is 35.9 Å². The van der Waals surface area contributed by atoms with Crippen LogP contribution in [-0.2, 0) is 25.7 Å². The molecule has 5 N–H and O–H groups in total. The third-order valence-electron chi connectivity index (χ3n) is 12.4. The van der Waals surface area contributed by atoms with E-state index < -0.39 is 55.7 Å². The molecule has 0 aromatic heterocycles. The first-order valence-corrected chi connectivity index (χ1v) is 24.9. The second kappa shape index (κ2) is 35.8. The molecule has 11 nitrogen and oxygen atoms in total. The Balaban J connectivity index is 2.04. The van der Waals surface area contributed by atoms with Gasteiger partial charge >= 0.3 is 6.09 Å². The minimum atomic E-state index is -1.74. The number of carbonyl (C=O) groups is 3. The number of imide groups is 1. The Morgan fingerprint density at radius 3 is 1.46 bits per heavy atom. The van der Waals surface area contributed by atoms with Crippen LogP contribution < -0.4 is 5.73 Å². The molecule has 3 amide bonds. The standard InChI is InChI=1S/C50H89N3O8/c1-3-5-7-9-11-13-15-17-18-19-21-23-25-27-29-34-38-52(44(55)37-33-28-26-24-22-20-16-14-12-10-8-6-4-2)49-46(48(58)47(57)43(40-54)61-49)53(45(56)39-51)50(59)60-41-42-35-31-30-32-36-42/h30-32,35-36,43,46-49,54,57-58H,3-29,33-34,37-41,51H2,1-2H3/t43-,46-,47-,48-,49-/m1/s1. The number of benzene rings is 1. The van der Waals surface area contributed by atoms with Crippen LogP contribution in [0.5, 0.6) is 0 Å². The van der Waals surface area contributed by atoms with Gasteiger partial charge in [0, 0.05) is 13.0 Å². The third kappa shape index (κ3) is 23.1. The lowest BCUT2D eigenvalue weighted by atomic mass is 9.93. The van der Waals surface area contributed by atoms with E-state index in [0.29, 0.717) is 23.3 Å². The van der Waals surface area contributed by atoms with Crippen molar-refractivity contribution in [3.8, 4) is 0 Å². The van der Waals surface area contributed by atoms with Crippen LogP contribution in [0.2, 0.25) is 0 Å². The molecule has 0 radical (unpaired) electrons. The van der Waals surface area contributed by atoms with Gasteiger partial charge in [0.2, 0.25) is 11.8 Å². The van der Waals surface area contributed by atoms with E-state index in [4.69, 9.17) is 15.2 Å². The summed E-state index contributed by atoms with van der Waals surface area (Å²) in [6, 6.07) is 7.45. The fourth-order valence-electron chi connectivity index (χ4n) is 8.56. The molecule has 352 valence electrons. The lowest BCUT2D eigenvalue weighted by molar-refractivity contribution is -0.244. The van der Waals surface area contributed by atoms with Crippen LogP contribution >= 0.6 is 0 Å². The molecule has 0 spiro atoms. The van der Waals surface area contributed by atoms with Crippen LogP contribution in [0.25, 0.3) is 0 Å². The third-order valence-corrected chi connectivity index (χ3v) is 12.4. The molecule has 1 aliphatic heterocycles. The summed E-state index contributed by atoms with van der Waals surface area (Å²) in [6.07, 6.45) is 28.0. The van der Waals surface area contributed by atoms with Crippen LogP contribution in [0.3, 0.4) is 0 Å². The van der Waals surface area contributed by atoms with E-state index in [0.717, 1.165) is 38.5 Å². The Labute approximate surface area is 370 Å². The van der Waals surface area contributed by atoms with E-state index in [-0.39, 0.29) is 25.5 Å². The number of rotatable bonds is 37. The van der Waals surface area contributed by atoms with Crippen molar-refractivity contribution in [3.63, 3.8) is 0 Å². The molecule has 0 unspecified atom stereocenters. The van der Waals surface area contributed by atoms with E-state index in [9.17, 15) is 29.7 Å². The molecule has 0 saturated carbocycles. The predicted octanol–water partition coefficient (Wildman–Crippen LogP) is 10.5. The van der Waals surface area contributed by atoms with Crippen LogP contribution in [-0.4, -0.2) is 93.3 Å². The Kier molecular flexibility index (Phi) is 32.1. The van der Waals surface area contributed by atoms with Gasteiger partial charge in [-0.25, -0.2) is 9.69 Å². The largest absolute Gasteiger partial charge is 0.444 e. The van der Waals surface area contributed by atoms with E-state index >= 15 is 0 Å². The van der Waals surface area contributed by atoms with Gasteiger partial charge in [-0.15, -0.1) is 0 Å². The van der Waals surface area contributed by atoms with Gasteiger partial charge < -0.3 is 35.4 Å². The molecular formula is C50H89N3O8. The first-order valence-electron chi connectivity index (χ1n) is 24.9. The number of nitrogens with zero attached hydrogens (tertiary/aromatic N) is 2. The minimum Gasteiger partial charge on any atom is -0.444 e. The Hall–Kier alpha value is -2.57. The number of aliphatic hydroxyl groups excluding tert-OH is 3. The zero-order chi connectivity index (χ0) is 44.3. The number of aliphatic hydroxyl groups is 3. The second-order valence-corrected chi connectivity index (χ2v) is 17.6. The fraction of sp³-hybridized carbons (Fsp3) is 0.820. The summed E-state index contributed by atoms with van der Waals surface area (Å²) in [4.78, 5) is 43.6. The van der Waals surface area contributed by atoms with Crippen LogP contribution in [0.4, 0.5) is 4.79 Å². The zero-order valence-electron chi connectivity index (χ0n) is 38.7. The molecule has 1 saturated heterocycles. The lowest BCUT2D eigenvalue weighted by Crippen LogP contribution is -2.70.